The molecule has 0 N–H and O–H groups in total. The second-order valence-corrected chi connectivity index (χ2v) is 6.27. The maximum Gasteiger partial charge on any atom is 0.310 e. The molecule has 0 saturated carbocycles. The Kier molecular flexibility index (Phi) is 2.31. The van der Waals surface area contributed by atoms with Crippen molar-refractivity contribution in [3.8, 4) is 0 Å². The van der Waals surface area contributed by atoms with Crippen molar-refractivity contribution < 1.29 is 29.1 Å². The van der Waals surface area contributed by atoms with Crippen LogP contribution in [0.15, 0.2) is 29.3 Å². The number of hydrogen-bond donors (Lipinski definition) is 0. The zero-order valence-corrected chi connectivity index (χ0v) is 10.3. The van der Waals surface area contributed by atoms with Crippen molar-refractivity contribution in [2.45, 2.75) is 4.90 Å². The van der Waals surface area contributed by atoms with Crippen molar-refractivity contribution in [2.75, 3.05) is 7.11 Å². The molecule has 0 radical (unpaired) electrons. The Labute approximate surface area is 104 Å². The highest BCUT2D eigenvalue weighted by Gasteiger charge is 2.65. The first-order valence-electron chi connectivity index (χ1n) is 4.85. The average Bonchev–Trinajstić information content (AvgIpc) is 2.63. The van der Waals surface area contributed by atoms with Gasteiger partial charge in [-0.25, -0.2) is 0 Å². The van der Waals surface area contributed by atoms with Gasteiger partial charge in [-0.3, -0.25) is 4.79 Å². The maximum atomic E-state index is 12.7. The Balaban J connectivity index is 2.82. The molecule has 0 spiro atoms. The highest BCUT2D eigenvalue weighted by molar-refractivity contribution is 8.45. The normalized spacial score (nSPS) is 15.9. The van der Waals surface area contributed by atoms with Gasteiger partial charge in [0.15, 0.2) is 6.29 Å². The second-order valence-electron chi connectivity index (χ2n) is 3.86. The largest absolute Gasteiger partial charge is 0.417 e. The lowest BCUT2D eigenvalue weighted by atomic mass is 10.2. The Bertz CT molecular complexity index is 676. The number of hydrogen-bond acceptors (Lipinski definition) is 2. The van der Waals surface area contributed by atoms with Gasteiger partial charge in [-0.05, 0) is 18.2 Å². The van der Waals surface area contributed by atoms with Crippen molar-refractivity contribution in [3.05, 3.63) is 30.0 Å². The zero-order valence-electron chi connectivity index (χ0n) is 9.45. The van der Waals surface area contributed by atoms with E-state index < -0.39 is 15.1 Å². The van der Waals surface area contributed by atoms with Crippen molar-refractivity contribution >= 4 is 27.4 Å². The SMILES string of the molecule is COn1cc(C=O)c2cc(S(F)(F)(F)(F)F)ccc21. The minimum Gasteiger partial charge on any atom is -0.417 e. The summed E-state index contributed by atoms with van der Waals surface area (Å²) in [7, 11) is -8.53. The van der Waals surface area contributed by atoms with Gasteiger partial charge in [0.25, 0.3) is 0 Å². The Morgan fingerprint density at radius 2 is 1.84 bits per heavy atom. The molecule has 3 nitrogen and oxygen atoms in total. The highest BCUT2D eigenvalue weighted by atomic mass is 32.5. The summed E-state index contributed by atoms with van der Waals surface area (Å²) in [4.78, 5) is 13.5. The van der Waals surface area contributed by atoms with Gasteiger partial charge in [0.2, 0.25) is 0 Å². The molecule has 2 aromatic rings. The van der Waals surface area contributed by atoms with Crippen LogP contribution in [0.25, 0.3) is 10.9 Å². The molecule has 0 aliphatic heterocycles. The van der Waals surface area contributed by atoms with Gasteiger partial charge in [0, 0.05) is 10.9 Å². The fourth-order valence-electron chi connectivity index (χ4n) is 1.69. The Hall–Kier alpha value is -1.77. The van der Waals surface area contributed by atoms with Gasteiger partial charge >= 0.3 is 10.2 Å². The summed E-state index contributed by atoms with van der Waals surface area (Å²) < 4.78 is 64.4. The number of aldehydes is 1. The minimum absolute atomic E-state index is 0.0928. The van der Waals surface area contributed by atoms with Crippen molar-refractivity contribution in [2.24, 2.45) is 0 Å². The summed E-state index contributed by atoms with van der Waals surface area (Å²) in [6.07, 6.45) is 1.39. The predicted octanol–water partition coefficient (Wildman–Crippen LogP) is 4.17. The van der Waals surface area contributed by atoms with E-state index in [4.69, 9.17) is 4.84 Å². The smallest absolute Gasteiger partial charge is 0.310 e. The molecule has 1 aromatic heterocycles. The number of carbonyl (C=O) groups is 1. The van der Waals surface area contributed by atoms with E-state index in [1.165, 1.54) is 7.11 Å². The van der Waals surface area contributed by atoms with Crippen LogP contribution in [0.2, 0.25) is 0 Å². The standard InChI is InChI=1S/C10H8F5NO2S/c1-18-16-5-7(6-17)9-4-8(2-3-10(9)16)19(11,12,13,14)15/h2-6H,1H3. The van der Waals surface area contributed by atoms with Gasteiger partial charge in [-0.1, -0.05) is 19.4 Å². The molecule has 1 aromatic carbocycles. The first-order chi connectivity index (χ1) is 8.46. The van der Waals surface area contributed by atoms with Crippen LogP contribution >= 0.6 is 10.2 Å². The first-order valence-corrected chi connectivity index (χ1v) is 6.80. The predicted molar refractivity (Wildman–Crippen MR) is 61.2 cm³/mol. The topological polar surface area (TPSA) is 31.2 Å². The van der Waals surface area contributed by atoms with E-state index >= 15 is 0 Å². The lowest BCUT2D eigenvalue weighted by molar-refractivity contribution is 0.112. The van der Waals surface area contributed by atoms with E-state index in [9.17, 15) is 24.2 Å². The number of rotatable bonds is 3. The summed E-state index contributed by atoms with van der Waals surface area (Å²) in [6, 6.07) is 1.36. The third-order valence-corrected chi connectivity index (χ3v) is 3.69. The monoisotopic (exact) mass is 301 g/mol. The van der Waals surface area contributed by atoms with E-state index in [1.807, 2.05) is 0 Å². The van der Waals surface area contributed by atoms with E-state index in [-0.39, 0.29) is 34.9 Å². The molecule has 0 unspecified atom stereocenters. The lowest BCUT2D eigenvalue weighted by Gasteiger charge is -2.40. The molecule has 0 amide bonds. The van der Waals surface area contributed by atoms with Gasteiger partial charge in [0.1, 0.15) is 12.0 Å². The summed E-state index contributed by atoms with van der Waals surface area (Å²) in [5, 5.41) is -0.248. The van der Waals surface area contributed by atoms with Gasteiger partial charge in [-0.15, -0.1) is 0 Å². The van der Waals surface area contributed by atoms with Crippen LogP contribution in [0.3, 0.4) is 0 Å². The average molecular weight is 301 g/mol. The van der Waals surface area contributed by atoms with Gasteiger partial charge in [0.05, 0.1) is 11.7 Å². The van der Waals surface area contributed by atoms with Gasteiger partial charge in [-0.2, -0.15) is 4.73 Å². The number of benzene rings is 1. The van der Waals surface area contributed by atoms with Crippen molar-refractivity contribution in [3.63, 3.8) is 0 Å². The molecule has 106 valence electrons. The number of fused-ring (bicyclic) bond motifs is 1. The molecule has 1 heterocycles. The number of carbonyl (C=O) groups excluding carboxylic acids is 1. The quantitative estimate of drug-likeness (QED) is 0.629. The van der Waals surface area contributed by atoms with Crippen LogP contribution in [-0.4, -0.2) is 18.1 Å². The first kappa shape index (κ1) is 13.7. The van der Waals surface area contributed by atoms with Crippen LogP contribution in [0.5, 0.6) is 0 Å². The molecular weight excluding hydrogens is 293 g/mol. The number of halogens is 5. The molecule has 0 fully saturated rings. The summed E-state index contributed by atoms with van der Waals surface area (Å²) in [6.45, 7) is 0. The number of nitrogens with zero attached hydrogens (tertiary/aromatic N) is 1. The molecule has 19 heavy (non-hydrogen) atoms. The Morgan fingerprint density at radius 3 is 2.32 bits per heavy atom. The van der Waals surface area contributed by atoms with E-state index in [0.29, 0.717) is 0 Å². The molecule has 0 bridgehead atoms. The Morgan fingerprint density at radius 1 is 1.21 bits per heavy atom. The molecule has 2 rings (SSSR count). The zero-order chi connectivity index (χ0) is 14.5. The van der Waals surface area contributed by atoms with Gasteiger partial charge < -0.3 is 4.84 Å². The summed E-state index contributed by atoms with van der Waals surface area (Å²) >= 11 is 0. The van der Waals surface area contributed by atoms with Crippen LogP contribution in [0.4, 0.5) is 19.4 Å². The summed E-state index contributed by atoms with van der Waals surface area (Å²) in [5.74, 6) is 0. The van der Waals surface area contributed by atoms with E-state index in [2.05, 4.69) is 0 Å². The lowest BCUT2D eigenvalue weighted by Crippen LogP contribution is -2.06. The fraction of sp³-hybridized carbons (Fsp3) is 0.100. The molecular formula is C10H8F5NO2S. The minimum atomic E-state index is -9.76. The second kappa shape index (κ2) is 3.21. The molecule has 0 aliphatic carbocycles. The van der Waals surface area contributed by atoms with Crippen molar-refractivity contribution in [1.82, 2.24) is 4.73 Å². The summed E-state index contributed by atoms with van der Waals surface area (Å²) in [5.41, 5.74) is -0.0734. The fourth-order valence-corrected chi connectivity index (χ4v) is 2.35. The maximum absolute atomic E-state index is 12.7. The molecule has 0 saturated heterocycles. The van der Waals surface area contributed by atoms with Crippen LogP contribution in [-0.2, 0) is 0 Å². The van der Waals surface area contributed by atoms with Crippen LogP contribution in [0, 0.1) is 0 Å². The third kappa shape index (κ3) is 2.37. The molecule has 0 atom stereocenters. The molecule has 9 heteroatoms. The van der Waals surface area contributed by atoms with Crippen LogP contribution < -0.4 is 4.84 Å². The van der Waals surface area contributed by atoms with Crippen molar-refractivity contribution in [1.29, 1.82) is 0 Å². The number of aromatic nitrogens is 1. The van der Waals surface area contributed by atoms with E-state index in [1.54, 1.807) is 0 Å². The molecule has 0 aliphatic rings. The highest BCUT2D eigenvalue weighted by Crippen LogP contribution is 3.02. The van der Waals surface area contributed by atoms with Crippen LogP contribution in [0.1, 0.15) is 10.4 Å². The third-order valence-electron chi connectivity index (χ3n) is 2.54. The van der Waals surface area contributed by atoms with E-state index in [0.717, 1.165) is 17.0 Å².